The van der Waals surface area contributed by atoms with Gasteiger partial charge in [0, 0.05) is 5.56 Å². The molecule has 4 rings (SSSR count). The number of amides is 1. The summed E-state index contributed by atoms with van der Waals surface area (Å²) in [5.74, 6) is 1.46. The Balaban J connectivity index is 1.37. The molecule has 0 saturated carbocycles. The van der Waals surface area contributed by atoms with Crippen LogP contribution in [0.1, 0.15) is 28.6 Å². The first-order chi connectivity index (χ1) is 16.0. The number of benzene rings is 2. The molecule has 0 radical (unpaired) electrons. The molecule has 2 aromatic carbocycles. The van der Waals surface area contributed by atoms with Crippen molar-refractivity contribution in [3.8, 4) is 22.8 Å². The number of rotatable bonds is 7. The number of carbonyl (C=O) groups excluding carboxylic acids is 2. The fourth-order valence-corrected chi connectivity index (χ4v) is 3.41. The number of esters is 1. The highest BCUT2D eigenvalue weighted by Gasteiger charge is 2.15. The van der Waals surface area contributed by atoms with Gasteiger partial charge < -0.3 is 18.6 Å². The Bertz CT molecular complexity index is 1200. The van der Waals surface area contributed by atoms with Crippen LogP contribution in [0.5, 0.6) is 11.5 Å². The van der Waals surface area contributed by atoms with Crippen LogP contribution < -0.4 is 14.9 Å². The molecule has 0 spiro atoms. The maximum atomic E-state index is 12.2. The second-order valence-corrected chi connectivity index (χ2v) is 7.47. The van der Waals surface area contributed by atoms with Crippen molar-refractivity contribution in [3.63, 3.8) is 0 Å². The number of hydrogen-bond acceptors (Lipinski definition) is 7. The Morgan fingerprint density at radius 2 is 1.91 bits per heavy atom. The van der Waals surface area contributed by atoms with Gasteiger partial charge in [0.05, 0.1) is 29.8 Å². The third-order valence-corrected chi connectivity index (χ3v) is 5.05. The van der Waals surface area contributed by atoms with Crippen LogP contribution in [0.15, 0.2) is 58.0 Å². The maximum absolute atomic E-state index is 12.2. The van der Waals surface area contributed by atoms with Crippen LogP contribution >= 0.6 is 11.6 Å². The summed E-state index contributed by atoms with van der Waals surface area (Å²) in [7, 11) is 0. The first kappa shape index (κ1) is 22.4. The normalized spacial score (nSPS) is 12.5. The number of ether oxygens (including phenoxy) is 3. The minimum Gasteiger partial charge on any atom is -0.486 e. The van der Waals surface area contributed by atoms with Crippen LogP contribution in [-0.4, -0.2) is 37.9 Å². The molecule has 170 valence electrons. The Morgan fingerprint density at radius 3 is 2.73 bits per heavy atom. The summed E-state index contributed by atoms with van der Waals surface area (Å²) in [6.45, 7) is 2.98. The molecule has 8 nitrogen and oxygen atoms in total. The van der Waals surface area contributed by atoms with Crippen molar-refractivity contribution in [2.24, 2.45) is 5.10 Å². The molecule has 33 heavy (non-hydrogen) atoms. The quantitative estimate of drug-likeness (QED) is 0.316. The Kier molecular flexibility index (Phi) is 6.95. The number of halogens is 1. The van der Waals surface area contributed by atoms with Gasteiger partial charge in [-0.2, -0.15) is 5.10 Å². The van der Waals surface area contributed by atoms with E-state index >= 15 is 0 Å². The van der Waals surface area contributed by atoms with Crippen LogP contribution in [0.3, 0.4) is 0 Å². The lowest BCUT2D eigenvalue weighted by Crippen LogP contribution is -2.20. The largest absolute Gasteiger partial charge is 0.486 e. The predicted octanol–water partition coefficient (Wildman–Crippen LogP) is 4.24. The standard InChI is InChI=1S/C24H21ClN2O6/c1-2-30-24(29)18-13-16(4-6-19(18)25)20-8-5-17(33-20)14-26-27-23(28)12-15-3-7-21-22(11-15)32-10-9-31-21/h3-8,11,13-14H,2,9-10,12H2,1H3,(H,27,28)/b26-14-. The van der Waals surface area contributed by atoms with Crippen molar-refractivity contribution in [2.45, 2.75) is 13.3 Å². The van der Waals surface area contributed by atoms with Crippen molar-refractivity contribution >= 4 is 29.7 Å². The second-order valence-electron chi connectivity index (χ2n) is 7.07. The van der Waals surface area contributed by atoms with Crippen LogP contribution in [0.4, 0.5) is 0 Å². The summed E-state index contributed by atoms with van der Waals surface area (Å²) in [4.78, 5) is 24.2. The van der Waals surface area contributed by atoms with Gasteiger partial charge in [-0.1, -0.05) is 17.7 Å². The smallest absolute Gasteiger partial charge is 0.339 e. The average Bonchev–Trinajstić information content (AvgIpc) is 3.28. The lowest BCUT2D eigenvalue weighted by atomic mass is 10.1. The van der Waals surface area contributed by atoms with Gasteiger partial charge in [0.25, 0.3) is 0 Å². The summed E-state index contributed by atoms with van der Waals surface area (Å²) in [6.07, 6.45) is 1.53. The van der Waals surface area contributed by atoms with E-state index in [2.05, 4.69) is 10.5 Å². The van der Waals surface area contributed by atoms with E-state index in [1.54, 1.807) is 49.4 Å². The number of hydrogen-bond donors (Lipinski definition) is 1. The van der Waals surface area contributed by atoms with E-state index in [0.29, 0.717) is 46.8 Å². The predicted molar refractivity (Wildman–Crippen MR) is 122 cm³/mol. The summed E-state index contributed by atoms with van der Waals surface area (Å²) >= 11 is 6.10. The third kappa shape index (κ3) is 5.53. The van der Waals surface area contributed by atoms with Crippen LogP contribution in [-0.2, 0) is 16.0 Å². The summed E-state index contributed by atoms with van der Waals surface area (Å²) < 4.78 is 21.8. The molecule has 3 aromatic rings. The molecule has 0 unspecified atom stereocenters. The highest BCUT2D eigenvalue weighted by molar-refractivity contribution is 6.33. The lowest BCUT2D eigenvalue weighted by molar-refractivity contribution is -0.120. The molecule has 0 atom stereocenters. The van der Waals surface area contributed by atoms with Gasteiger partial charge in [0.1, 0.15) is 24.7 Å². The summed E-state index contributed by atoms with van der Waals surface area (Å²) in [5.41, 5.74) is 4.17. The van der Waals surface area contributed by atoms with Crippen molar-refractivity contribution < 1.29 is 28.2 Å². The summed E-state index contributed by atoms with van der Waals surface area (Å²) in [6, 6.07) is 13.8. The molecule has 1 N–H and O–H groups in total. The van der Waals surface area contributed by atoms with Gasteiger partial charge in [-0.3, -0.25) is 4.79 Å². The molecule has 1 aromatic heterocycles. The fourth-order valence-electron chi connectivity index (χ4n) is 3.21. The first-order valence-electron chi connectivity index (χ1n) is 10.3. The monoisotopic (exact) mass is 468 g/mol. The number of fused-ring (bicyclic) bond motifs is 1. The second kappa shape index (κ2) is 10.2. The zero-order valence-electron chi connectivity index (χ0n) is 17.8. The van der Waals surface area contributed by atoms with Gasteiger partial charge in [0.2, 0.25) is 5.91 Å². The maximum Gasteiger partial charge on any atom is 0.339 e. The topological polar surface area (TPSA) is 99.4 Å². The molecule has 0 fully saturated rings. The zero-order valence-corrected chi connectivity index (χ0v) is 18.6. The molecule has 0 bridgehead atoms. The van der Waals surface area contributed by atoms with E-state index in [1.807, 2.05) is 6.07 Å². The molecule has 9 heteroatoms. The number of furan rings is 1. The van der Waals surface area contributed by atoms with Crippen molar-refractivity contribution in [2.75, 3.05) is 19.8 Å². The number of carbonyl (C=O) groups is 2. The summed E-state index contributed by atoms with van der Waals surface area (Å²) in [5, 5.41) is 4.24. The molecule has 0 aliphatic carbocycles. The number of nitrogens with one attached hydrogen (secondary N) is 1. The first-order valence-corrected chi connectivity index (χ1v) is 10.7. The fraction of sp³-hybridized carbons (Fsp3) is 0.208. The Morgan fingerprint density at radius 1 is 1.09 bits per heavy atom. The average molecular weight is 469 g/mol. The Hall–Kier alpha value is -3.78. The van der Waals surface area contributed by atoms with Crippen molar-refractivity contribution in [3.05, 3.63) is 70.4 Å². The van der Waals surface area contributed by atoms with Crippen molar-refractivity contribution in [1.29, 1.82) is 0 Å². The molecular formula is C24H21ClN2O6. The van der Waals surface area contributed by atoms with E-state index < -0.39 is 5.97 Å². The van der Waals surface area contributed by atoms with Crippen LogP contribution in [0.25, 0.3) is 11.3 Å². The van der Waals surface area contributed by atoms with Crippen molar-refractivity contribution in [1.82, 2.24) is 5.43 Å². The number of nitrogens with zero attached hydrogens (tertiary/aromatic N) is 1. The van der Waals surface area contributed by atoms with Gasteiger partial charge in [-0.15, -0.1) is 0 Å². The van der Waals surface area contributed by atoms with Crippen LogP contribution in [0, 0.1) is 0 Å². The van der Waals surface area contributed by atoms with E-state index in [4.69, 9.17) is 30.2 Å². The third-order valence-electron chi connectivity index (χ3n) is 4.73. The van der Waals surface area contributed by atoms with E-state index in [0.717, 1.165) is 5.56 Å². The molecule has 1 amide bonds. The SMILES string of the molecule is CCOC(=O)c1cc(-c2ccc(/C=N\NC(=O)Cc3ccc4c(c3)OCCO4)o2)ccc1Cl. The Labute approximate surface area is 195 Å². The van der Waals surface area contributed by atoms with E-state index in [1.165, 1.54) is 6.21 Å². The molecular weight excluding hydrogens is 448 g/mol. The minimum absolute atomic E-state index is 0.138. The zero-order chi connectivity index (χ0) is 23.2. The molecule has 2 heterocycles. The van der Waals surface area contributed by atoms with E-state index in [-0.39, 0.29) is 24.5 Å². The van der Waals surface area contributed by atoms with Gasteiger partial charge in [0.15, 0.2) is 11.5 Å². The van der Waals surface area contributed by atoms with E-state index in [9.17, 15) is 9.59 Å². The van der Waals surface area contributed by atoms with Gasteiger partial charge >= 0.3 is 5.97 Å². The van der Waals surface area contributed by atoms with Crippen LogP contribution in [0.2, 0.25) is 5.02 Å². The molecule has 0 saturated heterocycles. The molecule has 1 aliphatic heterocycles. The molecule has 1 aliphatic rings. The highest BCUT2D eigenvalue weighted by atomic mass is 35.5. The van der Waals surface area contributed by atoms with Gasteiger partial charge in [-0.25, -0.2) is 10.2 Å². The minimum atomic E-state index is -0.501. The number of hydrazone groups is 1. The van der Waals surface area contributed by atoms with Gasteiger partial charge in [-0.05, 0) is 55.0 Å². The highest BCUT2D eigenvalue weighted by Crippen LogP contribution is 2.31. The lowest BCUT2D eigenvalue weighted by Gasteiger charge is -2.18.